The minimum Gasteiger partial charge on any atom is -0.342 e. The van der Waals surface area contributed by atoms with Crippen LogP contribution in [0.15, 0.2) is 52.1 Å². The highest BCUT2D eigenvalue weighted by Gasteiger charge is 2.25. The molecule has 3 aromatic rings. The number of hydrogen-bond donors (Lipinski definition) is 2. The third-order valence-electron chi connectivity index (χ3n) is 5.15. The zero-order valence-corrected chi connectivity index (χ0v) is 21.8. The van der Waals surface area contributed by atoms with Gasteiger partial charge >= 0.3 is 0 Å². The monoisotopic (exact) mass is 529 g/mol. The topological polar surface area (TPSA) is 88.9 Å². The summed E-state index contributed by atoms with van der Waals surface area (Å²) < 4.78 is 2.83. The van der Waals surface area contributed by atoms with Crippen LogP contribution < -0.4 is 10.6 Å². The van der Waals surface area contributed by atoms with E-state index in [1.165, 1.54) is 11.8 Å². The number of anilines is 1. The van der Waals surface area contributed by atoms with E-state index in [0.717, 1.165) is 21.3 Å². The Labute approximate surface area is 206 Å². The number of thioether (sulfide) groups is 1. The number of carbonyl (C=O) groups is 2. The molecule has 0 saturated carbocycles. The molecule has 2 amide bonds. The molecule has 0 bridgehead atoms. The van der Waals surface area contributed by atoms with Crippen LogP contribution in [0.5, 0.6) is 0 Å². The molecule has 9 heteroatoms. The summed E-state index contributed by atoms with van der Waals surface area (Å²) in [5, 5.41) is 15.2. The van der Waals surface area contributed by atoms with Crippen molar-refractivity contribution in [2.75, 3.05) is 11.1 Å². The maximum atomic E-state index is 12.8. The summed E-state index contributed by atoms with van der Waals surface area (Å²) in [7, 11) is 1.85. The summed E-state index contributed by atoms with van der Waals surface area (Å²) >= 11 is 4.76. The van der Waals surface area contributed by atoms with Crippen molar-refractivity contribution in [2.24, 2.45) is 13.0 Å². The highest BCUT2D eigenvalue weighted by molar-refractivity contribution is 9.10. The zero-order chi connectivity index (χ0) is 24.1. The predicted octanol–water partition coefficient (Wildman–Crippen LogP) is 5.05. The third-order valence-corrected chi connectivity index (χ3v) is 7.06. The van der Waals surface area contributed by atoms with Crippen LogP contribution in [-0.2, 0) is 11.8 Å². The quantitative estimate of drug-likeness (QED) is 0.398. The number of halogens is 1. The van der Waals surface area contributed by atoms with Crippen LogP contribution in [0.1, 0.15) is 47.2 Å². The van der Waals surface area contributed by atoms with Gasteiger partial charge in [0.15, 0.2) is 11.0 Å². The first-order chi connectivity index (χ1) is 15.7. The number of nitrogens with one attached hydrogen (secondary N) is 2. The van der Waals surface area contributed by atoms with Gasteiger partial charge in [-0.05, 0) is 55.7 Å². The SMILES string of the molecule is Cc1cccc(C(=O)N[C@@H](c2nnc(SCC(=O)Nc3ccc(Br)c(C)c3)n2C)C(C)C)c1. The summed E-state index contributed by atoms with van der Waals surface area (Å²) in [6.45, 7) is 7.97. The van der Waals surface area contributed by atoms with Crippen LogP contribution in [0.25, 0.3) is 0 Å². The zero-order valence-electron chi connectivity index (χ0n) is 19.3. The first-order valence-corrected chi connectivity index (χ1v) is 12.4. The van der Waals surface area contributed by atoms with Gasteiger partial charge in [-0.3, -0.25) is 9.59 Å². The lowest BCUT2D eigenvalue weighted by Gasteiger charge is -2.21. The van der Waals surface area contributed by atoms with E-state index in [4.69, 9.17) is 0 Å². The highest BCUT2D eigenvalue weighted by atomic mass is 79.9. The lowest BCUT2D eigenvalue weighted by atomic mass is 10.0. The maximum Gasteiger partial charge on any atom is 0.251 e. The molecule has 7 nitrogen and oxygen atoms in total. The first kappa shape index (κ1) is 25.0. The van der Waals surface area contributed by atoms with Crippen LogP contribution in [0.3, 0.4) is 0 Å². The van der Waals surface area contributed by atoms with Crippen LogP contribution >= 0.6 is 27.7 Å². The minimum atomic E-state index is -0.315. The summed E-state index contributed by atoms with van der Waals surface area (Å²) in [6.07, 6.45) is 0. The Morgan fingerprint density at radius 2 is 1.88 bits per heavy atom. The van der Waals surface area contributed by atoms with Crippen molar-refractivity contribution < 1.29 is 9.59 Å². The van der Waals surface area contributed by atoms with Crippen molar-refractivity contribution >= 4 is 45.2 Å². The third kappa shape index (κ3) is 6.45. The second-order valence-electron chi connectivity index (χ2n) is 8.27. The maximum absolute atomic E-state index is 12.8. The molecule has 1 atom stereocenters. The fraction of sp³-hybridized carbons (Fsp3) is 0.333. The molecule has 0 saturated heterocycles. The van der Waals surface area contributed by atoms with Crippen molar-refractivity contribution in [1.82, 2.24) is 20.1 Å². The van der Waals surface area contributed by atoms with Crippen LogP contribution in [0.2, 0.25) is 0 Å². The van der Waals surface area contributed by atoms with Gasteiger partial charge in [0.1, 0.15) is 0 Å². The van der Waals surface area contributed by atoms with E-state index in [1.54, 1.807) is 6.07 Å². The molecule has 2 N–H and O–H groups in total. The average Bonchev–Trinajstić information content (AvgIpc) is 3.12. The average molecular weight is 530 g/mol. The van der Waals surface area contributed by atoms with Gasteiger partial charge in [-0.25, -0.2) is 0 Å². The number of rotatable bonds is 8. The minimum absolute atomic E-state index is 0.100. The second-order valence-corrected chi connectivity index (χ2v) is 10.1. The van der Waals surface area contributed by atoms with E-state index in [0.29, 0.717) is 16.5 Å². The molecule has 1 heterocycles. The molecule has 1 aromatic heterocycles. The number of hydrogen-bond acceptors (Lipinski definition) is 5. The number of aryl methyl sites for hydroxylation is 2. The fourth-order valence-electron chi connectivity index (χ4n) is 3.31. The van der Waals surface area contributed by atoms with Gasteiger partial charge in [-0.2, -0.15) is 0 Å². The number of benzene rings is 2. The molecule has 0 spiro atoms. The van der Waals surface area contributed by atoms with Crippen molar-refractivity contribution in [2.45, 2.75) is 38.9 Å². The van der Waals surface area contributed by atoms with Crippen molar-refractivity contribution in [1.29, 1.82) is 0 Å². The number of aromatic nitrogens is 3. The molecule has 0 aliphatic carbocycles. The lowest BCUT2D eigenvalue weighted by molar-refractivity contribution is -0.113. The van der Waals surface area contributed by atoms with Gasteiger partial charge in [-0.15, -0.1) is 10.2 Å². The molecule has 0 radical (unpaired) electrons. The largest absolute Gasteiger partial charge is 0.342 e. The molecule has 3 rings (SSSR count). The molecule has 174 valence electrons. The highest BCUT2D eigenvalue weighted by Crippen LogP contribution is 2.25. The molecule has 0 aliphatic rings. The van der Waals surface area contributed by atoms with Gasteiger partial charge in [0.25, 0.3) is 5.91 Å². The van der Waals surface area contributed by atoms with Crippen molar-refractivity contribution in [3.05, 3.63) is 69.5 Å². The molecule has 0 fully saturated rings. The number of amides is 2. The van der Waals surface area contributed by atoms with E-state index in [9.17, 15) is 9.59 Å². The summed E-state index contributed by atoms with van der Waals surface area (Å²) in [5.41, 5.74) is 3.43. The van der Waals surface area contributed by atoms with Gasteiger partial charge in [-0.1, -0.05) is 59.2 Å². The summed E-state index contributed by atoms with van der Waals surface area (Å²) in [6, 6.07) is 12.8. The molecular weight excluding hydrogens is 502 g/mol. The normalized spacial score (nSPS) is 12.0. The molecule has 2 aromatic carbocycles. The lowest BCUT2D eigenvalue weighted by Crippen LogP contribution is -2.33. The Kier molecular flexibility index (Phi) is 8.31. The smallest absolute Gasteiger partial charge is 0.251 e. The predicted molar refractivity (Wildman–Crippen MR) is 135 cm³/mol. The number of carbonyl (C=O) groups excluding carboxylic acids is 2. The first-order valence-electron chi connectivity index (χ1n) is 10.6. The van der Waals surface area contributed by atoms with Crippen molar-refractivity contribution in [3.8, 4) is 0 Å². The molecule has 0 unspecified atom stereocenters. The van der Waals surface area contributed by atoms with E-state index in [2.05, 4.69) is 36.8 Å². The molecule has 33 heavy (non-hydrogen) atoms. The van der Waals surface area contributed by atoms with E-state index >= 15 is 0 Å². The van der Waals surface area contributed by atoms with Gasteiger partial charge in [0.05, 0.1) is 11.8 Å². The Hall–Kier alpha value is -2.65. The van der Waals surface area contributed by atoms with Gasteiger partial charge < -0.3 is 15.2 Å². The summed E-state index contributed by atoms with van der Waals surface area (Å²) in [4.78, 5) is 25.2. The Bertz CT molecular complexity index is 1160. The van der Waals surface area contributed by atoms with Gasteiger partial charge in [0, 0.05) is 22.8 Å². The van der Waals surface area contributed by atoms with E-state index < -0.39 is 0 Å². The van der Waals surface area contributed by atoms with Crippen LogP contribution in [0.4, 0.5) is 5.69 Å². The van der Waals surface area contributed by atoms with Crippen LogP contribution in [0, 0.1) is 19.8 Å². The molecular formula is C24H28BrN5O2S. The second kappa shape index (κ2) is 11.0. The Morgan fingerprint density at radius 1 is 1.12 bits per heavy atom. The Morgan fingerprint density at radius 3 is 2.55 bits per heavy atom. The van der Waals surface area contributed by atoms with E-state index in [1.807, 2.05) is 75.7 Å². The fourth-order valence-corrected chi connectivity index (χ4v) is 4.28. The Balaban J connectivity index is 1.66. The van der Waals surface area contributed by atoms with E-state index in [-0.39, 0.29) is 29.5 Å². The standard InChI is InChI=1S/C24H28BrN5O2S/c1-14(2)21(27-23(32)17-8-6-7-15(3)11-17)22-28-29-24(30(22)5)33-13-20(31)26-18-9-10-19(25)16(4)12-18/h6-12,14,21H,13H2,1-5H3,(H,26,31)(H,27,32)/t21-/m1/s1. The van der Waals surface area contributed by atoms with Gasteiger partial charge in [0.2, 0.25) is 5.91 Å². The van der Waals surface area contributed by atoms with Crippen molar-refractivity contribution in [3.63, 3.8) is 0 Å². The van der Waals surface area contributed by atoms with Crippen LogP contribution in [-0.4, -0.2) is 32.3 Å². The number of nitrogens with zero attached hydrogens (tertiary/aromatic N) is 3. The molecule has 0 aliphatic heterocycles. The summed E-state index contributed by atoms with van der Waals surface area (Å²) in [5.74, 6) is 0.669.